The third kappa shape index (κ3) is 3.72. The van der Waals surface area contributed by atoms with Gasteiger partial charge in [0.15, 0.2) is 5.69 Å². The van der Waals surface area contributed by atoms with E-state index in [-0.39, 0.29) is 0 Å². The Hall–Kier alpha value is -1.60. The third-order valence-corrected chi connectivity index (χ3v) is 5.32. The molecule has 2 heterocycles. The molecular formula is C17H20F3N3S. The Kier molecular flexibility index (Phi) is 4.83. The van der Waals surface area contributed by atoms with Gasteiger partial charge in [-0.1, -0.05) is 12.1 Å². The van der Waals surface area contributed by atoms with Crippen molar-refractivity contribution in [3.63, 3.8) is 0 Å². The lowest BCUT2D eigenvalue weighted by Crippen LogP contribution is -2.46. The van der Waals surface area contributed by atoms with Gasteiger partial charge in [-0.15, -0.1) is 11.3 Å². The fourth-order valence-electron chi connectivity index (χ4n) is 2.93. The Labute approximate surface area is 143 Å². The third-order valence-electron chi connectivity index (χ3n) is 4.49. The van der Waals surface area contributed by atoms with Crippen LogP contribution >= 0.6 is 11.3 Å². The first-order valence-corrected chi connectivity index (χ1v) is 8.77. The zero-order chi connectivity index (χ0) is 17.3. The van der Waals surface area contributed by atoms with Crippen molar-refractivity contribution in [3.8, 4) is 0 Å². The molecule has 7 heteroatoms. The van der Waals surface area contributed by atoms with Gasteiger partial charge < -0.3 is 4.90 Å². The summed E-state index contributed by atoms with van der Waals surface area (Å²) in [4.78, 5) is 8.23. The molecule has 1 aromatic heterocycles. The standard InChI is InChI=1S/C17H20F3N3S/c1-12-4-3-5-14(13(12)2)23-8-6-22(7-9-23)10-16-21-15(11-24-16)17(18,19)20/h3-5,11H,6-10H2,1-2H3. The second-order valence-corrected chi connectivity index (χ2v) is 7.05. The highest BCUT2D eigenvalue weighted by molar-refractivity contribution is 7.09. The molecule has 1 aromatic carbocycles. The number of nitrogens with zero attached hydrogens (tertiary/aromatic N) is 3. The van der Waals surface area contributed by atoms with Crippen molar-refractivity contribution in [2.75, 3.05) is 31.1 Å². The summed E-state index contributed by atoms with van der Waals surface area (Å²) in [5.74, 6) is 0. The van der Waals surface area contributed by atoms with E-state index in [1.807, 2.05) is 0 Å². The van der Waals surface area contributed by atoms with Crippen LogP contribution < -0.4 is 4.90 Å². The van der Waals surface area contributed by atoms with Crippen LogP contribution in [-0.4, -0.2) is 36.1 Å². The number of benzene rings is 1. The summed E-state index contributed by atoms with van der Waals surface area (Å²) in [5, 5.41) is 1.63. The number of anilines is 1. The van der Waals surface area contributed by atoms with Crippen molar-refractivity contribution in [2.24, 2.45) is 0 Å². The lowest BCUT2D eigenvalue weighted by atomic mass is 10.1. The first-order chi connectivity index (χ1) is 11.3. The SMILES string of the molecule is Cc1cccc(N2CCN(Cc3nc(C(F)(F)F)cs3)CC2)c1C. The minimum atomic E-state index is -4.35. The van der Waals surface area contributed by atoms with E-state index in [1.54, 1.807) is 0 Å². The number of piperazine rings is 1. The monoisotopic (exact) mass is 355 g/mol. The normalized spacial score (nSPS) is 16.6. The van der Waals surface area contributed by atoms with Gasteiger partial charge in [0.05, 0.1) is 6.54 Å². The van der Waals surface area contributed by atoms with E-state index in [4.69, 9.17) is 0 Å². The molecule has 0 N–H and O–H groups in total. The van der Waals surface area contributed by atoms with Crippen LogP contribution in [0.5, 0.6) is 0 Å². The molecule has 0 saturated carbocycles. The number of thiazole rings is 1. The van der Waals surface area contributed by atoms with E-state index in [0.29, 0.717) is 11.6 Å². The molecular weight excluding hydrogens is 335 g/mol. The molecule has 0 atom stereocenters. The highest BCUT2D eigenvalue weighted by atomic mass is 32.1. The molecule has 0 bridgehead atoms. The summed E-state index contributed by atoms with van der Waals surface area (Å²) in [6, 6.07) is 6.31. The van der Waals surface area contributed by atoms with E-state index >= 15 is 0 Å². The second-order valence-electron chi connectivity index (χ2n) is 6.11. The van der Waals surface area contributed by atoms with Crippen molar-refractivity contribution < 1.29 is 13.2 Å². The van der Waals surface area contributed by atoms with Gasteiger partial charge in [-0.3, -0.25) is 4.90 Å². The molecule has 2 aromatic rings. The molecule has 0 aliphatic carbocycles. The van der Waals surface area contributed by atoms with Gasteiger partial charge in [-0.25, -0.2) is 4.98 Å². The molecule has 24 heavy (non-hydrogen) atoms. The van der Waals surface area contributed by atoms with E-state index in [9.17, 15) is 13.2 Å². The summed E-state index contributed by atoms with van der Waals surface area (Å²) in [6.07, 6.45) is -4.35. The molecule has 3 rings (SSSR count). The van der Waals surface area contributed by atoms with Crippen LogP contribution in [0.2, 0.25) is 0 Å². The zero-order valence-corrected chi connectivity index (χ0v) is 14.5. The lowest BCUT2D eigenvalue weighted by molar-refractivity contribution is -0.140. The highest BCUT2D eigenvalue weighted by Crippen LogP contribution is 2.30. The maximum Gasteiger partial charge on any atom is 0.434 e. The van der Waals surface area contributed by atoms with Crippen LogP contribution in [0, 0.1) is 13.8 Å². The fourth-order valence-corrected chi connectivity index (χ4v) is 3.77. The zero-order valence-electron chi connectivity index (χ0n) is 13.7. The van der Waals surface area contributed by atoms with Gasteiger partial charge in [-0.2, -0.15) is 13.2 Å². The van der Waals surface area contributed by atoms with Crippen molar-refractivity contribution in [3.05, 3.63) is 45.4 Å². The quantitative estimate of drug-likeness (QED) is 0.826. The summed E-state index contributed by atoms with van der Waals surface area (Å²) in [7, 11) is 0. The minimum Gasteiger partial charge on any atom is -0.369 e. The highest BCUT2D eigenvalue weighted by Gasteiger charge is 2.33. The molecule has 1 aliphatic heterocycles. The average molecular weight is 355 g/mol. The van der Waals surface area contributed by atoms with E-state index < -0.39 is 11.9 Å². The lowest BCUT2D eigenvalue weighted by Gasteiger charge is -2.36. The predicted molar refractivity (Wildman–Crippen MR) is 90.5 cm³/mol. The van der Waals surface area contributed by atoms with Gasteiger partial charge >= 0.3 is 6.18 Å². The molecule has 130 valence electrons. The van der Waals surface area contributed by atoms with E-state index in [1.165, 1.54) is 16.8 Å². The van der Waals surface area contributed by atoms with Crippen molar-refractivity contribution in [1.82, 2.24) is 9.88 Å². The Morgan fingerprint density at radius 1 is 1.12 bits per heavy atom. The first-order valence-electron chi connectivity index (χ1n) is 7.89. The Morgan fingerprint density at radius 3 is 2.46 bits per heavy atom. The fraction of sp³-hybridized carbons (Fsp3) is 0.471. The molecule has 0 radical (unpaired) electrons. The largest absolute Gasteiger partial charge is 0.434 e. The smallest absolute Gasteiger partial charge is 0.369 e. The van der Waals surface area contributed by atoms with Crippen LogP contribution in [0.4, 0.5) is 18.9 Å². The molecule has 1 saturated heterocycles. The molecule has 0 unspecified atom stereocenters. The van der Waals surface area contributed by atoms with Gasteiger partial charge in [-0.05, 0) is 31.0 Å². The van der Waals surface area contributed by atoms with E-state index in [2.05, 4.69) is 46.8 Å². The number of hydrogen-bond acceptors (Lipinski definition) is 4. The topological polar surface area (TPSA) is 19.4 Å². The minimum absolute atomic E-state index is 0.487. The number of aromatic nitrogens is 1. The Balaban J connectivity index is 1.59. The Morgan fingerprint density at radius 2 is 1.83 bits per heavy atom. The first kappa shape index (κ1) is 17.2. The number of hydrogen-bond donors (Lipinski definition) is 0. The summed E-state index contributed by atoms with van der Waals surface area (Å²) in [6.45, 7) is 8.13. The maximum atomic E-state index is 12.6. The molecule has 1 fully saturated rings. The Bertz CT molecular complexity index is 703. The molecule has 0 amide bonds. The second kappa shape index (κ2) is 6.72. The van der Waals surface area contributed by atoms with Crippen molar-refractivity contribution >= 4 is 17.0 Å². The van der Waals surface area contributed by atoms with Crippen LogP contribution in [-0.2, 0) is 12.7 Å². The van der Waals surface area contributed by atoms with Crippen molar-refractivity contribution in [1.29, 1.82) is 0 Å². The average Bonchev–Trinajstić information content (AvgIpc) is 3.00. The van der Waals surface area contributed by atoms with Crippen LogP contribution in [0.15, 0.2) is 23.6 Å². The number of halogens is 3. The number of aryl methyl sites for hydroxylation is 1. The van der Waals surface area contributed by atoms with Crippen molar-refractivity contribution in [2.45, 2.75) is 26.6 Å². The summed E-state index contributed by atoms with van der Waals surface area (Å²) in [5.41, 5.74) is 3.04. The molecule has 0 spiro atoms. The molecule has 3 nitrogen and oxygen atoms in total. The summed E-state index contributed by atoms with van der Waals surface area (Å²) < 4.78 is 37.8. The maximum absolute atomic E-state index is 12.6. The van der Waals surface area contributed by atoms with Crippen LogP contribution in [0.25, 0.3) is 0 Å². The van der Waals surface area contributed by atoms with Crippen LogP contribution in [0.1, 0.15) is 21.8 Å². The predicted octanol–water partition coefficient (Wildman–Crippen LogP) is 4.10. The number of alkyl halides is 3. The van der Waals surface area contributed by atoms with Gasteiger partial charge in [0.25, 0.3) is 0 Å². The summed E-state index contributed by atoms with van der Waals surface area (Å²) >= 11 is 1.09. The van der Waals surface area contributed by atoms with Gasteiger partial charge in [0.1, 0.15) is 5.01 Å². The molecule has 1 aliphatic rings. The number of rotatable bonds is 3. The van der Waals surface area contributed by atoms with Gasteiger partial charge in [0, 0.05) is 37.2 Å². The van der Waals surface area contributed by atoms with Crippen LogP contribution in [0.3, 0.4) is 0 Å². The van der Waals surface area contributed by atoms with Gasteiger partial charge in [0.2, 0.25) is 0 Å². The van der Waals surface area contributed by atoms with E-state index in [0.717, 1.165) is 42.9 Å².